The highest BCUT2D eigenvalue weighted by Gasteiger charge is 2.11. The monoisotopic (exact) mass is 257 g/mol. The number of aliphatic hydroxyl groups is 1. The van der Waals surface area contributed by atoms with E-state index in [-0.39, 0.29) is 12.4 Å². The zero-order valence-electron chi connectivity index (χ0n) is 10.1. The molecule has 0 spiro atoms. The molecule has 1 atom stereocenters. The molecular formula is C14H12FN3O. The summed E-state index contributed by atoms with van der Waals surface area (Å²) in [6.45, 7) is 0.193. The van der Waals surface area contributed by atoms with Gasteiger partial charge in [-0.3, -0.25) is 0 Å². The Morgan fingerprint density at radius 1 is 1.05 bits per heavy atom. The Morgan fingerprint density at radius 2 is 1.74 bits per heavy atom. The molecule has 3 aromatic rings. The van der Waals surface area contributed by atoms with Crippen molar-refractivity contribution in [2.75, 3.05) is 0 Å². The minimum absolute atomic E-state index is 0.193. The molecule has 5 heteroatoms. The van der Waals surface area contributed by atoms with E-state index in [0.29, 0.717) is 5.56 Å². The second kappa shape index (κ2) is 4.78. The molecule has 0 bridgehead atoms. The van der Waals surface area contributed by atoms with Crippen LogP contribution in [0.2, 0.25) is 0 Å². The van der Waals surface area contributed by atoms with Gasteiger partial charge in [0.05, 0.1) is 6.54 Å². The van der Waals surface area contributed by atoms with Crippen LogP contribution < -0.4 is 0 Å². The Hall–Kier alpha value is -2.27. The van der Waals surface area contributed by atoms with E-state index in [0.717, 1.165) is 11.0 Å². The summed E-state index contributed by atoms with van der Waals surface area (Å²) in [7, 11) is 0. The molecule has 2 aromatic carbocycles. The third-order valence-corrected chi connectivity index (χ3v) is 2.90. The van der Waals surface area contributed by atoms with Crippen LogP contribution in [-0.2, 0) is 6.54 Å². The molecule has 1 heterocycles. The molecule has 3 rings (SSSR count). The fourth-order valence-electron chi connectivity index (χ4n) is 1.96. The largest absolute Gasteiger partial charge is 0.386 e. The van der Waals surface area contributed by atoms with Gasteiger partial charge in [0.15, 0.2) is 0 Å². The lowest BCUT2D eigenvalue weighted by Gasteiger charge is -2.09. The van der Waals surface area contributed by atoms with Gasteiger partial charge in [0, 0.05) is 0 Å². The summed E-state index contributed by atoms with van der Waals surface area (Å²) in [5, 5.41) is 18.6. The van der Waals surface area contributed by atoms with Crippen LogP contribution in [0.5, 0.6) is 0 Å². The van der Waals surface area contributed by atoms with E-state index in [1.807, 2.05) is 24.3 Å². The van der Waals surface area contributed by atoms with Gasteiger partial charge in [-0.1, -0.05) is 24.3 Å². The molecule has 0 amide bonds. The summed E-state index contributed by atoms with van der Waals surface area (Å²) >= 11 is 0. The highest BCUT2D eigenvalue weighted by atomic mass is 19.1. The van der Waals surface area contributed by atoms with Crippen molar-refractivity contribution in [3.05, 3.63) is 59.9 Å². The van der Waals surface area contributed by atoms with Crippen LogP contribution >= 0.6 is 0 Å². The van der Waals surface area contributed by atoms with E-state index < -0.39 is 6.10 Å². The Morgan fingerprint density at radius 3 is 2.37 bits per heavy atom. The van der Waals surface area contributed by atoms with Crippen LogP contribution in [0.4, 0.5) is 4.39 Å². The standard InChI is InChI=1S/C14H12FN3O/c15-11-5-3-4-10(8-11)14(19)9-18-16-12-6-1-2-7-13(12)17-18/h1-8,14,19H,9H2/t14-/m0/s1. The number of aromatic nitrogens is 3. The summed E-state index contributed by atoms with van der Waals surface area (Å²) in [5.41, 5.74) is 2.06. The topological polar surface area (TPSA) is 50.9 Å². The first-order valence-electron chi connectivity index (χ1n) is 5.96. The highest BCUT2D eigenvalue weighted by Crippen LogP contribution is 2.16. The van der Waals surface area contributed by atoms with Crippen LogP contribution in [0.15, 0.2) is 48.5 Å². The fourth-order valence-corrected chi connectivity index (χ4v) is 1.96. The average molecular weight is 257 g/mol. The molecule has 0 radical (unpaired) electrons. The number of halogens is 1. The van der Waals surface area contributed by atoms with E-state index in [9.17, 15) is 9.50 Å². The first-order valence-corrected chi connectivity index (χ1v) is 5.96. The van der Waals surface area contributed by atoms with Gasteiger partial charge in [-0.15, -0.1) is 0 Å². The van der Waals surface area contributed by atoms with Gasteiger partial charge < -0.3 is 5.11 Å². The Bertz CT molecular complexity index is 677. The van der Waals surface area contributed by atoms with E-state index in [1.165, 1.54) is 16.9 Å². The van der Waals surface area contributed by atoms with E-state index >= 15 is 0 Å². The first kappa shape index (κ1) is 11.8. The number of aliphatic hydroxyl groups excluding tert-OH is 1. The summed E-state index contributed by atoms with van der Waals surface area (Å²) in [4.78, 5) is 1.43. The number of benzene rings is 2. The third-order valence-electron chi connectivity index (χ3n) is 2.90. The van der Waals surface area contributed by atoms with Gasteiger partial charge in [0.2, 0.25) is 0 Å². The molecule has 0 aliphatic carbocycles. The van der Waals surface area contributed by atoms with Crippen molar-refractivity contribution in [2.45, 2.75) is 12.6 Å². The van der Waals surface area contributed by atoms with Crippen LogP contribution in [0, 0.1) is 5.82 Å². The van der Waals surface area contributed by atoms with Gasteiger partial charge in [0.25, 0.3) is 0 Å². The van der Waals surface area contributed by atoms with E-state index in [1.54, 1.807) is 12.1 Å². The predicted octanol–water partition coefficient (Wildman–Crippen LogP) is 2.30. The lowest BCUT2D eigenvalue weighted by Crippen LogP contribution is -2.11. The summed E-state index contributed by atoms with van der Waals surface area (Å²) in [5.74, 6) is -0.366. The number of hydrogen-bond donors (Lipinski definition) is 1. The van der Waals surface area contributed by atoms with Gasteiger partial charge in [0.1, 0.15) is 23.0 Å². The minimum Gasteiger partial charge on any atom is -0.386 e. The molecule has 0 fully saturated rings. The van der Waals surface area contributed by atoms with Crippen molar-refractivity contribution in [1.29, 1.82) is 0 Å². The SMILES string of the molecule is O[C@@H](Cn1nc2ccccc2n1)c1cccc(F)c1. The first-order chi connectivity index (χ1) is 9.22. The maximum atomic E-state index is 13.1. The molecule has 0 saturated heterocycles. The lowest BCUT2D eigenvalue weighted by molar-refractivity contribution is 0.145. The van der Waals surface area contributed by atoms with Crippen molar-refractivity contribution in [1.82, 2.24) is 15.0 Å². The van der Waals surface area contributed by atoms with E-state index in [4.69, 9.17) is 0 Å². The maximum Gasteiger partial charge on any atom is 0.123 e. The normalized spacial score (nSPS) is 12.7. The average Bonchev–Trinajstić information content (AvgIpc) is 2.80. The van der Waals surface area contributed by atoms with Gasteiger partial charge in [-0.25, -0.2) is 4.39 Å². The number of hydrogen-bond acceptors (Lipinski definition) is 3. The quantitative estimate of drug-likeness (QED) is 0.783. The summed E-state index contributed by atoms with van der Waals surface area (Å²) < 4.78 is 13.1. The molecular weight excluding hydrogens is 245 g/mol. The van der Waals surface area contributed by atoms with Crippen molar-refractivity contribution < 1.29 is 9.50 Å². The Balaban J connectivity index is 1.84. The highest BCUT2D eigenvalue weighted by molar-refractivity contribution is 5.72. The number of nitrogens with zero attached hydrogens (tertiary/aromatic N) is 3. The second-order valence-electron chi connectivity index (χ2n) is 4.31. The van der Waals surface area contributed by atoms with Crippen molar-refractivity contribution in [3.8, 4) is 0 Å². The smallest absolute Gasteiger partial charge is 0.123 e. The molecule has 0 aliphatic rings. The van der Waals surface area contributed by atoms with Gasteiger partial charge in [-0.05, 0) is 29.8 Å². The molecule has 1 aromatic heterocycles. The Kier molecular flexibility index (Phi) is 2.97. The fraction of sp³-hybridized carbons (Fsp3) is 0.143. The molecule has 96 valence electrons. The van der Waals surface area contributed by atoms with Gasteiger partial charge in [-0.2, -0.15) is 15.0 Å². The van der Waals surface area contributed by atoms with Crippen LogP contribution in [0.25, 0.3) is 11.0 Å². The van der Waals surface area contributed by atoms with Crippen LogP contribution in [0.1, 0.15) is 11.7 Å². The molecule has 19 heavy (non-hydrogen) atoms. The third kappa shape index (κ3) is 2.46. The van der Waals surface area contributed by atoms with Crippen LogP contribution in [0.3, 0.4) is 0 Å². The molecule has 1 N–H and O–H groups in total. The molecule has 0 saturated carbocycles. The minimum atomic E-state index is -0.836. The number of rotatable bonds is 3. The second-order valence-corrected chi connectivity index (χ2v) is 4.31. The Labute approximate surface area is 109 Å². The van der Waals surface area contributed by atoms with Crippen LogP contribution in [-0.4, -0.2) is 20.1 Å². The lowest BCUT2D eigenvalue weighted by atomic mass is 10.1. The van der Waals surface area contributed by atoms with Crippen molar-refractivity contribution >= 4 is 11.0 Å². The van der Waals surface area contributed by atoms with Crippen molar-refractivity contribution in [3.63, 3.8) is 0 Å². The summed E-state index contributed by atoms with van der Waals surface area (Å²) in [6, 6.07) is 13.4. The molecule has 0 unspecified atom stereocenters. The molecule has 0 aliphatic heterocycles. The van der Waals surface area contributed by atoms with E-state index in [2.05, 4.69) is 10.2 Å². The van der Waals surface area contributed by atoms with Gasteiger partial charge >= 0.3 is 0 Å². The maximum absolute atomic E-state index is 13.1. The predicted molar refractivity (Wildman–Crippen MR) is 68.9 cm³/mol. The summed E-state index contributed by atoms with van der Waals surface area (Å²) in [6.07, 6.45) is -0.836. The number of fused-ring (bicyclic) bond motifs is 1. The zero-order chi connectivity index (χ0) is 13.2. The molecule has 4 nitrogen and oxygen atoms in total. The van der Waals surface area contributed by atoms with Crippen molar-refractivity contribution in [2.24, 2.45) is 0 Å². The zero-order valence-corrected chi connectivity index (χ0v) is 10.1.